The average Bonchev–Trinajstić information content (AvgIpc) is 2.41. The van der Waals surface area contributed by atoms with Gasteiger partial charge in [0.25, 0.3) is 0 Å². The third-order valence-electron chi connectivity index (χ3n) is 2.72. The van der Waals surface area contributed by atoms with Gasteiger partial charge in [-0.2, -0.15) is 0 Å². The van der Waals surface area contributed by atoms with E-state index in [1.165, 1.54) is 5.70 Å². The molecule has 0 rings (SSSR count). The lowest BCUT2D eigenvalue weighted by atomic mass is 10.2. The third kappa shape index (κ3) is 9.37. The van der Waals surface area contributed by atoms with E-state index < -0.39 is 17.5 Å². The Balaban J connectivity index is 4.04. The molecule has 3 unspecified atom stereocenters. The Labute approximate surface area is 121 Å². The van der Waals surface area contributed by atoms with Crippen molar-refractivity contribution >= 4 is 17.5 Å². The maximum Gasteiger partial charge on any atom is 0.0465 e. The Morgan fingerprint density at radius 2 is 2.16 bits per heavy atom. The number of allylic oxidation sites excluding steroid dienone is 3. The third-order valence-corrected chi connectivity index (χ3v) is 7.98. The zero-order chi connectivity index (χ0) is 14.7. The van der Waals surface area contributed by atoms with Gasteiger partial charge in [0.05, 0.1) is 0 Å². The lowest BCUT2D eigenvalue weighted by Crippen LogP contribution is -2.10. The fourth-order valence-corrected chi connectivity index (χ4v) is 5.22. The minimum Gasteiger partial charge on any atom is -0.396 e. The van der Waals surface area contributed by atoms with Gasteiger partial charge < -0.3 is 10.4 Å². The summed E-state index contributed by atoms with van der Waals surface area (Å²) in [5, 5.41) is 12.1. The molecule has 3 nitrogen and oxygen atoms in total. The molecule has 0 aromatic rings. The van der Waals surface area contributed by atoms with E-state index in [1.54, 1.807) is 0 Å². The van der Waals surface area contributed by atoms with Crippen LogP contribution in [0.3, 0.4) is 0 Å². The summed E-state index contributed by atoms with van der Waals surface area (Å²) in [5.74, 6) is 0.752. The summed E-state index contributed by atoms with van der Waals surface area (Å²) in [6.45, 7) is 6.25. The van der Waals surface area contributed by atoms with Crippen LogP contribution >= 0.6 is 7.12 Å². The Morgan fingerprint density at radius 1 is 1.47 bits per heavy atom. The van der Waals surface area contributed by atoms with Gasteiger partial charge in [-0.25, -0.2) is 0 Å². The van der Waals surface area contributed by atoms with Gasteiger partial charge in [-0.1, -0.05) is 32.1 Å². The second kappa shape index (κ2) is 11.6. The summed E-state index contributed by atoms with van der Waals surface area (Å²) >= 11 is 0. The first-order valence-corrected chi connectivity index (χ1v) is 10.7. The fraction of sp³-hybridized carbons (Fsp3) is 0.714. The van der Waals surface area contributed by atoms with Crippen molar-refractivity contribution < 1.29 is 9.32 Å². The summed E-state index contributed by atoms with van der Waals surface area (Å²) < 4.78 is 12.0. The van der Waals surface area contributed by atoms with Crippen LogP contribution in [-0.2, 0) is 10.4 Å². The SMILES string of the molecule is CC/C=C(\C/C=C\CP(C)S(=O)CC(C)CO)NC. The highest BCUT2D eigenvalue weighted by Gasteiger charge is 2.12. The number of aliphatic hydroxyl groups is 1. The first-order chi connectivity index (χ1) is 9.04. The Bertz CT molecular complexity index is 319. The van der Waals surface area contributed by atoms with Gasteiger partial charge in [0.2, 0.25) is 0 Å². The second-order valence-electron chi connectivity index (χ2n) is 4.65. The fourth-order valence-electron chi connectivity index (χ4n) is 1.47. The van der Waals surface area contributed by atoms with Crippen molar-refractivity contribution in [3.63, 3.8) is 0 Å². The van der Waals surface area contributed by atoms with Crippen LogP contribution in [0, 0.1) is 5.92 Å². The monoisotopic (exact) mass is 305 g/mol. The minimum atomic E-state index is -0.791. The first kappa shape index (κ1) is 18.8. The van der Waals surface area contributed by atoms with E-state index in [1.807, 2.05) is 14.0 Å². The van der Waals surface area contributed by atoms with Crippen molar-refractivity contribution in [2.45, 2.75) is 26.7 Å². The molecule has 0 saturated carbocycles. The first-order valence-electron chi connectivity index (χ1n) is 6.77. The summed E-state index contributed by atoms with van der Waals surface area (Å²) in [6.07, 6.45) is 9.29. The molecule has 0 aromatic carbocycles. The lowest BCUT2D eigenvalue weighted by molar-refractivity contribution is 0.250. The molecule has 19 heavy (non-hydrogen) atoms. The van der Waals surface area contributed by atoms with Crippen molar-refractivity contribution in [1.82, 2.24) is 5.32 Å². The molecule has 0 radical (unpaired) electrons. The molecule has 3 atom stereocenters. The van der Waals surface area contributed by atoms with E-state index in [-0.39, 0.29) is 12.5 Å². The summed E-state index contributed by atoms with van der Waals surface area (Å²) in [7, 11) is 0.658. The number of hydrogen-bond donors (Lipinski definition) is 2. The molecule has 112 valence electrons. The van der Waals surface area contributed by atoms with Crippen LogP contribution in [0.1, 0.15) is 26.7 Å². The Hall–Kier alpha value is -0.180. The van der Waals surface area contributed by atoms with Crippen LogP contribution < -0.4 is 5.32 Å². The Morgan fingerprint density at radius 3 is 2.68 bits per heavy atom. The average molecular weight is 305 g/mol. The van der Waals surface area contributed by atoms with E-state index >= 15 is 0 Å². The summed E-state index contributed by atoms with van der Waals surface area (Å²) in [6, 6.07) is 0. The largest absolute Gasteiger partial charge is 0.396 e. The van der Waals surface area contributed by atoms with E-state index in [0.717, 1.165) is 19.0 Å². The van der Waals surface area contributed by atoms with Gasteiger partial charge in [0.1, 0.15) is 0 Å². The molecule has 0 amide bonds. The maximum atomic E-state index is 12.0. The summed E-state index contributed by atoms with van der Waals surface area (Å²) in [4.78, 5) is 0. The molecule has 5 heteroatoms. The van der Waals surface area contributed by atoms with Crippen LogP contribution in [0.15, 0.2) is 23.9 Å². The predicted molar refractivity (Wildman–Crippen MR) is 88.2 cm³/mol. The molecule has 0 aliphatic carbocycles. The van der Waals surface area contributed by atoms with E-state index in [0.29, 0.717) is 5.75 Å². The molecule has 0 aliphatic heterocycles. The van der Waals surface area contributed by atoms with Gasteiger partial charge in [0, 0.05) is 41.9 Å². The molecule has 0 bridgehead atoms. The number of aliphatic hydroxyl groups excluding tert-OH is 1. The van der Waals surface area contributed by atoms with E-state index in [4.69, 9.17) is 5.11 Å². The molecule has 0 spiro atoms. The molecule has 0 aromatic heterocycles. The van der Waals surface area contributed by atoms with Crippen LogP contribution in [0.2, 0.25) is 0 Å². The molecular formula is C14H28NO2PS. The van der Waals surface area contributed by atoms with Crippen molar-refractivity contribution in [2.24, 2.45) is 5.92 Å². The zero-order valence-corrected chi connectivity index (χ0v) is 14.3. The number of hydrogen-bond acceptors (Lipinski definition) is 3. The molecule has 2 N–H and O–H groups in total. The second-order valence-corrected chi connectivity index (χ2v) is 10.3. The van der Waals surface area contributed by atoms with Crippen molar-refractivity contribution in [2.75, 3.05) is 32.2 Å². The van der Waals surface area contributed by atoms with Crippen molar-refractivity contribution in [3.8, 4) is 0 Å². The predicted octanol–water partition coefficient (Wildman–Crippen LogP) is 2.85. The number of nitrogens with one attached hydrogen (secondary N) is 1. The van der Waals surface area contributed by atoms with Crippen LogP contribution in [0.25, 0.3) is 0 Å². The summed E-state index contributed by atoms with van der Waals surface area (Å²) in [5.41, 5.74) is 1.23. The highest BCUT2D eigenvalue weighted by molar-refractivity contribution is 8.46. The van der Waals surface area contributed by atoms with Gasteiger partial charge in [-0.15, -0.1) is 0 Å². The zero-order valence-electron chi connectivity index (χ0n) is 12.6. The highest BCUT2D eigenvalue weighted by Crippen LogP contribution is 2.36. The minimum absolute atomic E-state index is 0.123. The molecule has 0 heterocycles. The quantitative estimate of drug-likeness (QED) is 0.482. The molecule has 0 fully saturated rings. The van der Waals surface area contributed by atoms with Gasteiger partial charge in [-0.05, 0) is 32.3 Å². The van der Waals surface area contributed by atoms with Crippen LogP contribution in [0.5, 0.6) is 0 Å². The van der Waals surface area contributed by atoms with E-state index in [2.05, 4.69) is 37.1 Å². The van der Waals surface area contributed by atoms with Crippen molar-refractivity contribution in [3.05, 3.63) is 23.9 Å². The molecule has 0 saturated heterocycles. The normalized spacial score (nSPS) is 17.4. The standard InChI is InChI=1S/C14H28NO2PS/c1-5-8-14(15-3)9-6-7-10-18(4)19(17)12-13(2)11-16/h6-8,13,15-16H,5,9-12H2,1-4H3/b7-6-,14-8+. The van der Waals surface area contributed by atoms with Crippen LogP contribution in [-0.4, -0.2) is 41.5 Å². The van der Waals surface area contributed by atoms with Gasteiger partial charge in [-0.3, -0.25) is 4.21 Å². The highest BCUT2D eigenvalue weighted by atomic mass is 32.7. The van der Waals surface area contributed by atoms with Gasteiger partial charge >= 0.3 is 0 Å². The number of rotatable bonds is 10. The topological polar surface area (TPSA) is 49.3 Å². The van der Waals surface area contributed by atoms with Crippen molar-refractivity contribution in [1.29, 1.82) is 0 Å². The smallest absolute Gasteiger partial charge is 0.0465 e. The lowest BCUT2D eigenvalue weighted by Gasteiger charge is -2.12. The van der Waals surface area contributed by atoms with Gasteiger partial charge in [0.15, 0.2) is 0 Å². The van der Waals surface area contributed by atoms with E-state index in [9.17, 15) is 4.21 Å². The Kier molecular flexibility index (Phi) is 11.5. The molecular weight excluding hydrogens is 277 g/mol. The maximum absolute atomic E-state index is 12.0. The van der Waals surface area contributed by atoms with Crippen LogP contribution in [0.4, 0.5) is 0 Å². The molecule has 0 aliphatic rings.